The summed E-state index contributed by atoms with van der Waals surface area (Å²) in [6.07, 6.45) is 0. The first-order valence-electron chi connectivity index (χ1n) is 7.91. The molecule has 0 atom stereocenters. The Balaban J connectivity index is 1.85. The number of nitrogens with zero attached hydrogens (tertiary/aromatic N) is 2. The Morgan fingerprint density at radius 1 is 1.16 bits per heavy atom. The van der Waals surface area contributed by atoms with Gasteiger partial charge in [0.1, 0.15) is 5.82 Å². The maximum atomic E-state index is 11.3. The van der Waals surface area contributed by atoms with Gasteiger partial charge in [0, 0.05) is 4.47 Å². The van der Waals surface area contributed by atoms with Crippen molar-refractivity contribution in [2.75, 3.05) is 0 Å². The van der Waals surface area contributed by atoms with E-state index in [2.05, 4.69) is 49.7 Å². The number of carbonyl (C=O) groups is 1. The molecule has 0 amide bonds. The van der Waals surface area contributed by atoms with Gasteiger partial charge in [-0.1, -0.05) is 36.4 Å². The summed E-state index contributed by atoms with van der Waals surface area (Å²) in [5, 5.41) is 11.6. The molecule has 4 rings (SSSR count). The lowest BCUT2D eigenvalue weighted by molar-refractivity contribution is 0.0697. The molecular formula is C20H15BrN2O2. The second kappa shape index (κ2) is 6.01. The molecule has 3 aromatic carbocycles. The molecule has 1 heterocycles. The molecule has 25 heavy (non-hydrogen) atoms. The van der Waals surface area contributed by atoms with Crippen molar-refractivity contribution in [3.8, 4) is 0 Å². The zero-order chi connectivity index (χ0) is 17.6. The van der Waals surface area contributed by atoms with E-state index in [-0.39, 0.29) is 5.56 Å². The highest BCUT2D eigenvalue weighted by Crippen LogP contribution is 2.29. The lowest BCUT2D eigenvalue weighted by atomic mass is 10.1. The van der Waals surface area contributed by atoms with Crippen LogP contribution in [0.25, 0.3) is 21.8 Å². The number of halogens is 1. The largest absolute Gasteiger partial charge is 0.478 e. The molecule has 0 aliphatic rings. The van der Waals surface area contributed by atoms with E-state index in [1.54, 1.807) is 18.2 Å². The van der Waals surface area contributed by atoms with Crippen LogP contribution in [-0.4, -0.2) is 20.6 Å². The number of aromatic nitrogens is 2. The summed E-state index contributed by atoms with van der Waals surface area (Å²) in [5.74, 6) is -0.0724. The fraction of sp³-hybridized carbons (Fsp3) is 0.100. The smallest absolute Gasteiger partial charge is 0.335 e. The third-order valence-corrected chi connectivity index (χ3v) is 5.39. The number of hydrogen-bond donors (Lipinski definition) is 1. The van der Waals surface area contributed by atoms with Crippen LogP contribution in [0.1, 0.15) is 21.7 Å². The van der Waals surface area contributed by atoms with E-state index in [1.165, 1.54) is 5.39 Å². The topological polar surface area (TPSA) is 55.1 Å². The van der Waals surface area contributed by atoms with Crippen molar-refractivity contribution in [1.82, 2.24) is 9.55 Å². The molecule has 4 nitrogen and oxygen atoms in total. The number of aryl methyl sites for hydroxylation is 1. The summed E-state index contributed by atoms with van der Waals surface area (Å²) in [6.45, 7) is 2.56. The van der Waals surface area contributed by atoms with Gasteiger partial charge in [-0.25, -0.2) is 9.78 Å². The summed E-state index contributed by atoms with van der Waals surface area (Å²) in [4.78, 5) is 15.8. The highest BCUT2D eigenvalue weighted by molar-refractivity contribution is 9.10. The van der Waals surface area contributed by atoms with E-state index in [9.17, 15) is 9.90 Å². The summed E-state index contributed by atoms with van der Waals surface area (Å²) in [6, 6.07) is 17.5. The number of benzene rings is 3. The van der Waals surface area contributed by atoms with Gasteiger partial charge < -0.3 is 9.67 Å². The summed E-state index contributed by atoms with van der Waals surface area (Å²) in [5.41, 5.74) is 3.03. The Morgan fingerprint density at radius 3 is 2.76 bits per heavy atom. The summed E-state index contributed by atoms with van der Waals surface area (Å²) in [7, 11) is 0. The first-order valence-corrected chi connectivity index (χ1v) is 8.70. The Hall–Kier alpha value is -2.66. The SMILES string of the molecule is Cc1nc2ccc(C(=O)O)cc2n1Cc1ccc2ccccc2c1Br. The van der Waals surface area contributed by atoms with Crippen molar-refractivity contribution in [3.63, 3.8) is 0 Å². The van der Waals surface area contributed by atoms with Crippen LogP contribution in [0.2, 0.25) is 0 Å². The van der Waals surface area contributed by atoms with Crippen LogP contribution in [0.15, 0.2) is 59.1 Å². The second-order valence-corrected chi connectivity index (χ2v) is 6.81. The number of fused-ring (bicyclic) bond motifs is 2. The van der Waals surface area contributed by atoms with E-state index < -0.39 is 5.97 Å². The van der Waals surface area contributed by atoms with E-state index in [1.807, 2.05) is 19.1 Å². The van der Waals surface area contributed by atoms with Crippen molar-refractivity contribution in [2.24, 2.45) is 0 Å². The van der Waals surface area contributed by atoms with E-state index in [4.69, 9.17) is 0 Å². The van der Waals surface area contributed by atoms with Gasteiger partial charge in [-0.2, -0.15) is 0 Å². The molecule has 0 saturated carbocycles. The number of aromatic carboxylic acids is 1. The van der Waals surface area contributed by atoms with Gasteiger partial charge in [0.2, 0.25) is 0 Å². The molecule has 0 fully saturated rings. The molecule has 1 aromatic heterocycles. The van der Waals surface area contributed by atoms with Crippen molar-refractivity contribution in [3.05, 3.63) is 76.0 Å². The normalized spacial score (nSPS) is 11.3. The number of imidazole rings is 1. The third kappa shape index (κ3) is 2.70. The Bertz CT molecular complexity index is 1130. The van der Waals surface area contributed by atoms with Crippen LogP contribution in [0, 0.1) is 6.92 Å². The molecule has 5 heteroatoms. The molecule has 0 spiro atoms. The summed E-state index contributed by atoms with van der Waals surface area (Å²) < 4.78 is 3.11. The van der Waals surface area contributed by atoms with Crippen LogP contribution in [0.5, 0.6) is 0 Å². The van der Waals surface area contributed by atoms with Crippen LogP contribution in [0.3, 0.4) is 0 Å². The quantitative estimate of drug-likeness (QED) is 0.531. The molecule has 0 radical (unpaired) electrons. The molecule has 0 unspecified atom stereocenters. The number of hydrogen-bond acceptors (Lipinski definition) is 2. The minimum absolute atomic E-state index is 0.270. The zero-order valence-corrected chi connectivity index (χ0v) is 15.1. The summed E-state index contributed by atoms with van der Waals surface area (Å²) >= 11 is 3.73. The average molecular weight is 395 g/mol. The lowest BCUT2D eigenvalue weighted by Crippen LogP contribution is -2.04. The maximum Gasteiger partial charge on any atom is 0.335 e. The van der Waals surface area contributed by atoms with Gasteiger partial charge in [-0.15, -0.1) is 0 Å². The fourth-order valence-electron chi connectivity index (χ4n) is 3.15. The van der Waals surface area contributed by atoms with Crippen molar-refractivity contribution in [1.29, 1.82) is 0 Å². The van der Waals surface area contributed by atoms with E-state index in [0.29, 0.717) is 6.54 Å². The fourth-order valence-corrected chi connectivity index (χ4v) is 3.77. The van der Waals surface area contributed by atoms with Crippen molar-refractivity contribution in [2.45, 2.75) is 13.5 Å². The predicted octanol–water partition coefficient (Wildman–Crippen LogP) is 5.01. The predicted molar refractivity (Wildman–Crippen MR) is 102 cm³/mol. The third-order valence-electron chi connectivity index (χ3n) is 4.46. The molecule has 0 saturated heterocycles. The Labute approximate surface area is 152 Å². The van der Waals surface area contributed by atoms with Gasteiger partial charge in [0.25, 0.3) is 0 Å². The maximum absolute atomic E-state index is 11.3. The average Bonchev–Trinajstić information content (AvgIpc) is 2.92. The molecule has 1 N–H and O–H groups in total. The zero-order valence-electron chi connectivity index (χ0n) is 13.5. The van der Waals surface area contributed by atoms with Gasteiger partial charge >= 0.3 is 5.97 Å². The minimum Gasteiger partial charge on any atom is -0.478 e. The standard InChI is InChI=1S/C20H15BrN2O2/c1-12-22-17-9-8-14(20(24)25)10-18(17)23(12)11-15-7-6-13-4-2-3-5-16(13)19(15)21/h2-10H,11H2,1H3,(H,24,25). The number of carboxylic acid groups (broad SMARTS) is 1. The van der Waals surface area contributed by atoms with Gasteiger partial charge in [-0.3, -0.25) is 0 Å². The van der Waals surface area contributed by atoms with Gasteiger partial charge in [-0.05, 0) is 57.4 Å². The Kier molecular flexibility index (Phi) is 3.81. The van der Waals surface area contributed by atoms with Crippen LogP contribution in [0.4, 0.5) is 0 Å². The highest BCUT2D eigenvalue weighted by Gasteiger charge is 2.13. The van der Waals surface area contributed by atoms with Crippen LogP contribution < -0.4 is 0 Å². The van der Waals surface area contributed by atoms with E-state index >= 15 is 0 Å². The monoisotopic (exact) mass is 394 g/mol. The minimum atomic E-state index is -0.931. The highest BCUT2D eigenvalue weighted by atomic mass is 79.9. The first kappa shape index (κ1) is 15.8. The van der Waals surface area contributed by atoms with Gasteiger partial charge in [0.15, 0.2) is 0 Å². The van der Waals surface area contributed by atoms with Crippen LogP contribution in [-0.2, 0) is 6.54 Å². The Morgan fingerprint density at radius 2 is 1.96 bits per heavy atom. The first-order chi connectivity index (χ1) is 12.0. The molecule has 4 aromatic rings. The van der Waals surface area contributed by atoms with Crippen molar-refractivity contribution < 1.29 is 9.90 Å². The van der Waals surface area contributed by atoms with Crippen LogP contribution >= 0.6 is 15.9 Å². The number of carboxylic acids is 1. The lowest BCUT2D eigenvalue weighted by Gasteiger charge is -2.11. The molecule has 0 aliphatic carbocycles. The second-order valence-electron chi connectivity index (χ2n) is 6.01. The van der Waals surface area contributed by atoms with Gasteiger partial charge in [0.05, 0.1) is 23.1 Å². The number of rotatable bonds is 3. The molecule has 0 bridgehead atoms. The molecule has 0 aliphatic heterocycles. The van der Waals surface area contributed by atoms with E-state index in [0.717, 1.165) is 32.3 Å². The van der Waals surface area contributed by atoms with Crippen molar-refractivity contribution >= 4 is 43.7 Å². The molecule has 124 valence electrons. The molecular weight excluding hydrogens is 380 g/mol.